The smallest absolute Gasteiger partial charge is 0.286 e. The van der Waals surface area contributed by atoms with Gasteiger partial charge in [0.05, 0.1) is 6.04 Å². The lowest BCUT2D eigenvalue weighted by Gasteiger charge is -2.22. The van der Waals surface area contributed by atoms with Crippen LogP contribution in [-0.4, -0.2) is 33.5 Å². The van der Waals surface area contributed by atoms with E-state index in [0.717, 1.165) is 37.2 Å². The molecule has 1 aromatic heterocycles. The average molecular weight is 393 g/mol. The minimum Gasteiger partial charge on any atom is -0.333 e. The number of likely N-dealkylation sites (tertiary alicyclic amines) is 1. The number of hydrogen-bond donors (Lipinski definition) is 1. The summed E-state index contributed by atoms with van der Waals surface area (Å²) in [5.74, 6) is -0.160. The SMILES string of the molecule is CCCCC(=O)N1CCC[C@H]1c1nnc(C(=O)Nc2cccc(Cl)c2)s1. The Morgan fingerprint density at radius 1 is 1.38 bits per heavy atom. The number of aromatic nitrogens is 2. The van der Waals surface area contributed by atoms with Crippen LogP contribution in [0.1, 0.15) is 59.9 Å². The number of hydrogen-bond acceptors (Lipinski definition) is 5. The van der Waals surface area contributed by atoms with Crippen LogP contribution in [0, 0.1) is 0 Å². The lowest BCUT2D eigenvalue weighted by Crippen LogP contribution is -2.30. The molecule has 0 bridgehead atoms. The van der Waals surface area contributed by atoms with Crippen LogP contribution >= 0.6 is 22.9 Å². The van der Waals surface area contributed by atoms with Crippen LogP contribution < -0.4 is 5.32 Å². The predicted molar refractivity (Wildman–Crippen MR) is 103 cm³/mol. The van der Waals surface area contributed by atoms with Crippen molar-refractivity contribution in [2.75, 3.05) is 11.9 Å². The Labute approximate surface area is 161 Å². The molecule has 0 aliphatic carbocycles. The van der Waals surface area contributed by atoms with Gasteiger partial charge in [-0.15, -0.1) is 10.2 Å². The molecule has 8 heteroatoms. The third-order valence-electron chi connectivity index (χ3n) is 4.32. The van der Waals surface area contributed by atoms with Crippen molar-refractivity contribution in [1.29, 1.82) is 0 Å². The summed E-state index contributed by atoms with van der Waals surface area (Å²) in [6, 6.07) is 6.87. The van der Waals surface area contributed by atoms with Crippen molar-refractivity contribution in [3.05, 3.63) is 39.3 Å². The molecule has 1 atom stereocenters. The highest BCUT2D eigenvalue weighted by molar-refractivity contribution is 7.13. The highest BCUT2D eigenvalue weighted by Crippen LogP contribution is 2.34. The summed E-state index contributed by atoms with van der Waals surface area (Å²) < 4.78 is 0. The Hall–Kier alpha value is -1.99. The molecule has 0 radical (unpaired) electrons. The van der Waals surface area contributed by atoms with E-state index in [0.29, 0.717) is 17.1 Å². The van der Waals surface area contributed by atoms with E-state index < -0.39 is 0 Å². The van der Waals surface area contributed by atoms with E-state index >= 15 is 0 Å². The number of carbonyl (C=O) groups excluding carboxylic acids is 2. The van der Waals surface area contributed by atoms with Gasteiger partial charge < -0.3 is 10.2 Å². The fourth-order valence-electron chi connectivity index (χ4n) is 3.01. The number of halogens is 1. The summed E-state index contributed by atoms with van der Waals surface area (Å²) in [6.07, 6.45) is 4.27. The molecule has 0 unspecified atom stereocenters. The summed E-state index contributed by atoms with van der Waals surface area (Å²) in [5, 5.41) is 12.5. The first kappa shape index (κ1) is 18.8. The molecular formula is C18H21ClN4O2S. The lowest BCUT2D eigenvalue weighted by atomic mass is 10.2. The van der Waals surface area contributed by atoms with Crippen LogP contribution in [0.3, 0.4) is 0 Å². The first-order valence-corrected chi connectivity index (χ1v) is 9.97. The molecule has 1 N–H and O–H groups in total. The van der Waals surface area contributed by atoms with Gasteiger partial charge in [-0.05, 0) is 37.5 Å². The number of rotatable bonds is 6. The number of benzene rings is 1. The van der Waals surface area contributed by atoms with Gasteiger partial charge >= 0.3 is 0 Å². The Kier molecular flexibility index (Phi) is 6.21. The van der Waals surface area contributed by atoms with Crippen LogP contribution in [0.2, 0.25) is 5.02 Å². The molecule has 6 nitrogen and oxygen atoms in total. The van der Waals surface area contributed by atoms with Crippen LogP contribution in [0.4, 0.5) is 5.69 Å². The third-order valence-corrected chi connectivity index (χ3v) is 5.58. The van der Waals surface area contributed by atoms with E-state index in [-0.39, 0.29) is 22.9 Å². The predicted octanol–water partition coefficient (Wildman–Crippen LogP) is 4.30. The fraction of sp³-hybridized carbons (Fsp3) is 0.444. The minimum absolute atomic E-state index is 0.0652. The Morgan fingerprint density at radius 3 is 3.00 bits per heavy atom. The topological polar surface area (TPSA) is 75.2 Å². The van der Waals surface area contributed by atoms with Gasteiger partial charge in [0.2, 0.25) is 10.9 Å². The molecule has 3 rings (SSSR count). The van der Waals surface area contributed by atoms with Crippen molar-refractivity contribution in [2.45, 2.75) is 45.1 Å². The zero-order chi connectivity index (χ0) is 18.5. The summed E-state index contributed by atoms with van der Waals surface area (Å²) in [6.45, 7) is 2.82. The third kappa shape index (κ3) is 4.40. The van der Waals surface area contributed by atoms with Crippen LogP contribution in [0.5, 0.6) is 0 Å². The maximum Gasteiger partial charge on any atom is 0.286 e. The van der Waals surface area contributed by atoms with Crippen LogP contribution in [0.15, 0.2) is 24.3 Å². The number of nitrogens with one attached hydrogen (secondary N) is 1. The van der Waals surface area contributed by atoms with Gasteiger partial charge in [-0.25, -0.2) is 0 Å². The monoisotopic (exact) mass is 392 g/mol. The average Bonchev–Trinajstić information content (AvgIpc) is 3.28. The Bertz CT molecular complexity index is 795. The number of anilines is 1. The molecule has 26 heavy (non-hydrogen) atoms. The summed E-state index contributed by atoms with van der Waals surface area (Å²) in [5.41, 5.74) is 0.608. The van der Waals surface area contributed by atoms with E-state index in [1.165, 1.54) is 11.3 Å². The van der Waals surface area contributed by atoms with E-state index in [2.05, 4.69) is 22.4 Å². The number of amides is 2. The number of carbonyl (C=O) groups is 2. The van der Waals surface area contributed by atoms with E-state index in [9.17, 15) is 9.59 Å². The summed E-state index contributed by atoms with van der Waals surface area (Å²) in [7, 11) is 0. The maximum absolute atomic E-state index is 12.4. The van der Waals surface area contributed by atoms with E-state index in [1.54, 1.807) is 24.3 Å². The van der Waals surface area contributed by atoms with Gasteiger partial charge in [0.25, 0.3) is 5.91 Å². The van der Waals surface area contributed by atoms with Gasteiger partial charge in [0, 0.05) is 23.7 Å². The molecule has 138 valence electrons. The summed E-state index contributed by atoms with van der Waals surface area (Å²) >= 11 is 7.18. The normalized spacial score (nSPS) is 16.7. The summed E-state index contributed by atoms with van der Waals surface area (Å²) in [4.78, 5) is 26.7. The second-order valence-electron chi connectivity index (χ2n) is 6.26. The van der Waals surface area contributed by atoms with Gasteiger partial charge in [0.15, 0.2) is 0 Å². The largest absolute Gasteiger partial charge is 0.333 e. The fourth-order valence-corrected chi connectivity index (χ4v) is 4.08. The van der Waals surface area contributed by atoms with E-state index in [1.807, 2.05) is 4.90 Å². The standard InChI is InChI=1S/C18H21ClN4O2S/c1-2-3-9-15(24)23-10-5-8-14(23)17-21-22-18(26-17)16(25)20-13-7-4-6-12(19)11-13/h4,6-7,11,14H,2-3,5,8-10H2,1H3,(H,20,25)/t14-/m0/s1. The molecule has 2 amide bonds. The molecule has 0 spiro atoms. The second-order valence-corrected chi connectivity index (χ2v) is 7.70. The molecule has 2 heterocycles. The van der Waals surface area contributed by atoms with Gasteiger partial charge in [-0.2, -0.15) is 0 Å². The van der Waals surface area contributed by atoms with Crippen molar-refractivity contribution < 1.29 is 9.59 Å². The highest BCUT2D eigenvalue weighted by atomic mass is 35.5. The zero-order valence-corrected chi connectivity index (χ0v) is 16.1. The Morgan fingerprint density at radius 2 is 2.23 bits per heavy atom. The first-order chi connectivity index (χ1) is 12.6. The van der Waals surface area contributed by atoms with Crippen molar-refractivity contribution >= 4 is 40.4 Å². The molecule has 1 aromatic carbocycles. The molecule has 1 aliphatic heterocycles. The van der Waals surface area contributed by atoms with Gasteiger partial charge in [-0.1, -0.05) is 42.3 Å². The van der Waals surface area contributed by atoms with Crippen LogP contribution in [0.25, 0.3) is 0 Å². The number of unbranched alkanes of at least 4 members (excludes halogenated alkanes) is 1. The minimum atomic E-state index is -0.321. The first-order valence-electron chi connectivity index (χ1n) is 8.78. The lowest BCUT2D eigenvalue weighted by molar-refractivity contribution is -0.132. The zero-order valence-electron chi connectivity index (χ0n) is 14.6. The molecule has 1 saturated heterocycles. The van der Waals surface area contributed by atoms with Gasteiger partial charge in [-0.3, -0.25) is 9.59 Å². The second kappa shape index (κ2) is 8.60. The van der Waals surface area contributed by atoms with Crippen molar-refractivity contribution in [1.82, 2.24) is 15.1 Å². The van der Waals surface area contributed by atoms with Crippen LogP contribution in [-0.2, 0) is 4.79 Å². The quantitative estimate of drug-likeness (QED) is 0.795. The molecule has 2 aromatic rings. The molecular weight excluding hydrogens is 372 g/mol. The van der Waals surface area contributed by atoms with E-state index in [4.69, 9.17) is 11.6 Å². The highest BCUT2D eigenvalue weighted by Gasteiger charge is 2.32. The van der Waals surface area contributed by atoms with Gasteiger partial charge in [0.1, 0.15) is 5.01 Å². The number of nitrogens with zero attached hydrogens (tertiary/aromatic N) is 3. The molecule has 1 aliphatic rings. The molecule has 0 saturated carbocycles. The van der Waals surface area contributed by atoms with Crippen molar-refractivity contribution in [3.63, 3.8) is 0 Å². The maximum atomic E-state index is 12.4. The van der Waals surface area contributed by atoms with Crippen molar-refractivity contribution in [2.24, 2.45) is 0 Å². The Balaban J connectivity index is 1.68. The molecule has 1 fully saturated rings. The van der Waals surface area contributed by atoms with Crippen molar-refractivity contribution in [3.8, 4) is 0 Å².